The SMILES string of the molecule is C.COc1cc(C=O)c(Br)cn1.COc1ccc(Br)cn1.[2H]CF. The normalized spacial score (nSPS) is 8.83. The predicted molar refractivity (Wildman–Crippen MR) is 96.1 cm³/mol. The monoisotopic (exact) mass is 453 g/mol. The number of pyridine rings is 2. The van der Waals surface area contributed by atoms with Crippen LogP contribution in [-0.4, -0.2) is 37.6 Å². The minimum Gasteiger partial charge on any atom is -0.481 e. The average Bonchev–Trinajstić information content (AvgIpc) is 2.57. The molecule has 0 spiro atoms. The van der Waals surface area contributed by atoms with Crippen molar-refractivity contribution in [3.63, 3.8) is 0 Å². The number of carbonyl (C=O) groups is 1. The minimum atomic E-state index is -1.00. The summed E-state index contributed by atoms with van der Waals surface area (Å²) in [5, 5.41) is 0. The molecule has 0 bridgehead atoms. The van der Waals surface area contributed by atoms with Crippen LogP contribution in [-0.2, 0) is 0 Å². The van der Waals surface area contributed by atoms with Crippen LogP contribution in [0.2, 0.25) is 0 Å². The van der Waals surface area contributed by atoms with E-state index in [0.29, 0.717) is 21.8 Å². The molecule has 0 aromatic carbocycles. The molecule has 2 aromatic rings. The van der Waals surface area contributed by atoms with Crippen molar-refractivity contribution < 1.29 is 20.0 Å². The number of hydrogen-bond donors (Lipinski definition) is 0. The summed E-state index contributed by atoms with van der Waals surface area (Å²) in [6.07, 6.45) is 3.97. The number of nitrogens with zero attached hydrogens (tertiary/aromatic N) is 2. The van der Waals surface area contributed by atoms with E-state index < -0.39 is 7.15 Å². The maximum atomic E-state index is 10.4. The summed E-state index contributed by atoms with van der Waals surface area (Å²) in [4.78, 5) is 18.2. The highest BCUT2D eigenvalue weighted by Gasteiger charge is 2.00. The molecule has 0 aliphatic heterocycles. The summed E-state index contributed by atoms with van der Waals surface area (Å²) < 4.78 is 26.8. The van der Waals surface area contributed by atoms with E-state index in [4.69, 9.17) is 10.8 Å². The first-order chi connectivity index (χ1) is 11.0. The van der Waals surface area contributed by atoms with Crippen molar-refractivity contribution in [1.82, 2.24) is 9.97 Å². The molecule has 0 atom stereocenters. The van der Waals surface area contributed by atoms with E-state index in [-0.39, 0.29) is 7.43 Å². The third-order valence-electron chi connectivity index (χ3n) is 2.11. The minimum absolute atomic E-state index is 0. The molecular formula is C15H19Br2FN2O3. The number of ether oxygens (including phenoxy) is 2. The molecule has 2 rings (SSSR count). The Labute approximate surface area is 153 Å². The van der Waals surface area contributed by atoms with Gasteiger partial charge in [0.15, 0.2) is 6.29 Å². The van der Waals surface area contributed by atoms with E-state index in [1.54, 1.807) is 25.4 Å². The van der Waals surface area contributed by atoms with Gasteiger partial charge in [-0.3, -0.25) is 9.18 Å². The molecule has 0 aliphatic carbocycles. The summed E-state index contributed by atoms with van der Waals surface area (Å²) in [5.74, 6) is 1.08. The fourth-order valence-electron chi connectivity index (χ4n) is 1.12. The first-order valence-electron chi connectivity index (χ1n) is 6.38. The van der Waals surface area contributed by atoms with Gasteiger partial charge < -0.3 is 9.47 Å². The molecule has 0 saturated heterocycles. The molecule has 5 nitrogen and oxygen atoms in total. The Balaban J connectivity index is 0. The maximum Gasteiger partial charge on any atom is 0.213 e. The highest BCUT2D eigenvalue weighted by Crippen LogP contribution is 2.17. The standard InChI is InChI=1S/C7H6BrNO2.C6H6BrNO.CH3F.CH4/c1-11-7-2-5(4-10)6(8)3-9-7;1-9-6-3-2-5(7)4-8-6;1-2;/h2-4H,1H3;2-4H,1H3;1H3;1H4/i;;1D;. The third kappa shape index (κ3) is 9.25. The smallest absolute Gasteiger partial charge is 0.213 e. The van der Waals surface area contributed by atoms with Gasteiger partial charge in [-0.15, -0.1) is 0 Å². The molecule has 2 heterocycles. The van der Waals surface area contributed by atoms with Gasteiger partial charge in [-0.2, -0.15) is 0 Å². The summed E-state index contributed by atoms with van der Waals surface area (Å²) in [6, 6.07) is 5.24. The van der Waals surface area contributed by atoms with E-state index >= 15 is 0 Å². The van der Waals surface area contributed by atoms with Crippen LogP contribution in [0, 0.1) is 0 Å². The molecular weight excluding hydrogens is 435 g/mol. The van der Waals surface area contributed by atoms with Gasteiger partial charge in [-0.1, -0.05) is 7.43 Å². The van der Waals surface area contributed by atoms with Crippen LogP contribution in [0.25, 0.3) is 0 Å². The number of methoxy groups -OCH3 is 2. The van der Waals surface area contributed by atoms with Crippen molar-refractivity contribution in [3.05, 3.63) is 45.1 Å². The second kappa shape index (κ2) is 14.1. The summed E-state index contributed by atoms with van der Waals surface area (Å²) >= 11 is 6.43. The lowest BCUT2D eigenvalue weighted by molar-refractivity contribution is 0.112. The number of alkyl halides is 1. The topological polar surface area (TPSA) is 61.3 Å². The Hall–Kier alpha value is -1.54. The summed E-state index contributed by atoms with van der Waals surface area (Å²) in [5.41, 5.74) is 0.539. The number of rotatable bonds is 3. The second-order valence-electron chi connectivity index (χ2n) is 3.38. The number of hydrogen-bond acceptors (Lipinski definition) is 5. The van der Waals surface area contributed by atoms with E-state index in [1.807, 2.05) is 6.07 Å². The molecule has 8 heteroatoms. The third-order valence-corrected chi connectivity index (χ3v) is 3.24. The van der Waals surface area contributed by atoms with Gasteiger partial charge in [-0.25, -0.2) is 9.97 Å². The zero-order valence-electron chi connectivity index (χ0n) is 12.9. The fraction of sp³-hybridized carbons (Fsp3) is 0.267. The average molecular weight is 455 g/mol. The molecule has 0 N–H and O–H groups in total. The van der Waals surface area contributed by atoms with Crippen LogP contribution >= 0.6 is 31.9 Å². The Morgan fingerprint density at radius 1 is 1.17 bits per heavy atom. The second-order valence-corrected chi connectivity index (χ2v) is 5.15. The van der Waals surface area contributed by atoms with E-state index in [2.05, 4.69) is 41.8 Å². The molecule has 0 radical (unpaired) electrons. The van der Waals surface area contributed by atoms with Gasteiger partial charge in [0, 0.05) is 39.0 Å². The molecule has 2 aromatic heterocycles. The lowest BCUT2D eigenvalue weighted by Crippen LogP contribution is -1.90. The number of aromatic nitrogens is 2. The van der Waals surface area contributed by atoms with E-state index in [0.717, 1.165) is 10.8 Å². The van der Waals surface area contributed by atoms with Crippen LogP contribution in [0.15, 0.2) is 39.5 Å². The fourth-order valence-corrected chi connectivity index (χ4v) is 1.66. The van der Waals surface area contributed by atoms with Crippen LogP contribution in [0.1, 0.15) is 19.2 Å². The van der Waals surface area contributed by atoms with E-state index in [1.165, 1.54) is 13.3 Å². The number of aldehydes is 1. The van der Waals surface area contributed by atoms with Crippen molar-refractivity contribution in [2.75, 3.05) is 21.4 Å². The molecule has 0 fully saturated rings. The Morgan fingerprint density at radius 3 is 2.17 bits per heavy atom. The number of carbonyl (C=O) groups excluding carboxylic acids is 1. The number of halogens is 3. The lowest BCUT2D eigenvalue weighted by Gasteiger charge is -1.99. The zero-order valence-corrected chi connectivity index (χ0v) is 15.1. The molecule has 23 heavy (non-hydrogen) atoms. The van der Waals surface area contributed by atoms with Gasteiger partial charge in [0.05, 0.1) is 22.7 Å². The van der Waals surface area contributed by atoms with Gasteiger partial charge in [0.2, 0.25) is 11.8 Å². The summed E-state index contributed by atoms with van der Waals surface area (Å²) in [6.45, 7) is 0. The Morgan fingerprint density at radius 2 is 1.74 bits per heavy atom. The van der Waals surface area contributed by atoms with Crippen LogP contribution < -0.4 is 9.47 Å². The molecule has 0 amide bonds. The van der Waals surface area contributed by atoms with Crippen molar-refractivity contribution in [3.8, 4) is 11.8 Å². The first-order valence-corrected chi connectivity index (χ1v) is 7.26. The van der Waals surface area contributed by atoms with Crippen molar-refractivity contribution in [2.45, 2.75) is 7.43 Å². The quantitative estimate of drug-likeness (QED) is 0.626. The predicted octanol–water partition coefficient (Wildman–Crippen LogP) is 4.74. The van der Waals surface area contributed by atoms with Gasteiger partial charge >= 0.3 is 0 Å². The Kier molecular flexibility index (Phi) is 13.1. The maximum absolute atomic E-state index is 10.4. The highest BCUT2D eigenvalue weighted by atomic mass is 79.9. The van der Waals surface area contributed by atoms with Crippen LogP contribution in [0.3, 0.4) is 0 Å². The molecule has 0 saturated carbocycles. The largest absolute Gasteiger partial charge is 0.481 e. The van der Waals surface area contributed by atoms with Crippen LogP contribution in [0.4, 0.5) is 4.39 Å². The van der Waals surface area contributed by atoms with Crippen LogP contribution in [0.5, 0.6) is 11.8 Å². The molecule has 0 aliphatic rings. The van der Waals surface area contributed by atoms with Gasteiger partial charge in [0.1, 0.15) is 0 Å². The molecule has 128 valence electrons. The highest BCUT2D eigenvalue weighted by molar-refractivity contribution is 9.10. The molecule has 0 unspecified atom stereocenters. The van der Waals surface area contributed by atoms with Crippen molar-refractivity contribution >= 4 is 38.1 Å². The summed E-state index contributed by atoms with van der Waals surface area (Å²) in [7, 11) is 2.10. The zero-order chi connectivity index (χ0) is 17.7. The van der Waals surface area contributed by atoms with E-state index in [9.17, 15) is 9.18 Å². The Bertz CT molecular complexity index is 589. The van der Waals surface area contributed by atoms with Gasteiger partial charge in [-0.05, 0) is 37.9 Å². The van der Waals surface area contributed by atoms with Gasteiger partial charge in [0.25, 0.3) is 0 Å². The first kappa shape index (κ1) is 21.5. The lowest BCUT2D eigenvalue weighted by atomic mass is 10.3. The van der Waals surface area contributed by atoms with Crippen molar-refractivity contribution in [1.29, 1.82) is 0 Å². The van der Waals surface area contributed by atoms with Crippen molar-refractivity contribution in [2.24, 2.45) is 0 Å².